The number of nitrogens with one attached hydrogen (secondary N) is 1. The molecule has 128 valence electrons. The van der Waals surface area contributed by atoms with Crippen LogP contribution in [0.25, 0.3) is 0 Å². The fourth-order valence-electron chi connectivity index (χ4n) is 2.60. The number of hydrogen-bond acceptors (Lipinski definition) is 3. The number of benzene rings is 1. The number of ether oxygens (including phenoxy) is 1. The molecule has 0 unspecified atom stereocenters. The standard InChI is InChI=1S/C17H26N2O3S/c1-4-9-22-16-12-13(2)5-6-15(16)18-17(20)19(3)14-7-10-23(21)11-8-14/h5-6,12,14H,4,7-11H2,1-3H3,(H,18,20). The highest BCUT2D eigenvalue weighted by molar-refractivity contribution is 7.85. The Labute approximate surface area is 140 Å². The molecule has 1 aliphatic heterocycles. The molecule has 5 nitrogen and oxygen atoms in total. The summed E-state index contributed by atoms with van der Waals surface area (Å²) in [6.07, 6.45) is 2.51. The maximum Gasteiger partial charge on any atom is 0.321 e. The molecule has 1 aliphatic rings. The fourth-order valence-corrected chi connectivity index (χ4v) is 3.88. The molecule has 0 aromatic heterocycles. The summed E-state index contributed by atoms with van der Waals surface area (Å²) in [6, 6.07) is 5.78. The van der Waals surface area contributed by atoms with Crippen molar-refractivity contribution in [1.82, 2.24) is 4.90 Å². The first-order valence-electron chi connectivity index (χ1n) is 8.13. The van der Waals surface area contributed by atoms with E-state index < -0.39 is 10.8 Å². The van der Waals surface area contributed by atoms with Gasteiger partial charge in [-0.15, -0.1) is 0 Å². The second-order valence-corrected chi connectivity index (χ2v) is 7.66. The first-order chi connectivity index (χ1) is 11.0. The zero-order valence-electron chi connectivity index (χ0n) is 14.1. The second-order valence-electron chi connectivity index (χ2n) is 5.97. The van der Waals surface area contributed by atoms with Crippen LogP contribution in [0.15, 0.2) is 18.2 Å². The summed E-state index contributed by atoms with van der Waals surface area (Å²) in [5, 5.41) is 2.94. The highest BCUT2D eigenvalue weighted by atomic mass is 32.2. The molecule has 1 aromatic carbocycles. The lowest BCUT2D eigenvalue weighted by atomic mass is 10.1. The van der Waals surface area contributed by atoms with Gasteiger partial charge in [-0.25, -0.2) is 4.79 Å². The molecule has 0 spiro atoms. The lowest BCUT2D eigenvalue weighted by Crippen LogP contribution is -2.43. The molecule has 1 aromatic rings. The predicted molar refractivity (Wildman–Crippen MR) is 94.6 cm³/mol. The number of amides is 2. The van der Waals surface area contributed by atoms with Crippen LogP contribution in [0.4, 0.5) is 10.5 Å². The smallest absolute Gasteiger partial charge is 0.321 e. The van der Waals surface area contributed by atoms with Gasteiger partial charge in [-0.05, 0) is 43.9 Å². The summed E-state index contributed by atoms with van der Waals surface area (Å²) < 4.78 is 17.2. The number of aryl methyl sites for hydroxylation is 1. The van der Waals surface area contributed by atoms with Gasteiger partial charge in [0.2, 0.25) is 0 Å². The molecular formula is C17H26N2O3S. The number of urea groups is 1. The van der Waals surface area contributed by atoms with Gasteiger partial charge in [-0.1, -0.05) is 13.0 Å². The van der Waals surface area contributed by atoms with Crippen molar-refractivity contribution in [3.05, 3.63) is 23.8 Å². The number of anilines is 1. The first-order valence-corrected chi connectivity index (χ1v) is 9.62. The largest absolute Gasteiger partial charge is 0.491 e. The maximum absolute atomic E-state index is 12.5. The van der Waals surface area contributed by atoms with Crippen molar-refractivity contribution in [2.75, 3.05) is 30.5 Å². The molecule has 1 N–H and O–H groups in total. The van der Waals surface area contributed by atoms with E-state index in [9.17, 15) is 9.00 Å². The van der Waals surface area contributed by atoms with Crippen LogP contribution in [0.2, 0.25) is 0 Å². The van der Waals surface area contributed by atoms with Gasteiger partial charge in [0.15, 0.2) is 0 Å². The Bertz CT molecular complexity index is 567. The minimum Gasteiger partial charge on any atom is -0.491 e. The third-order valence-electron chi connectivity index (χ3n) is 4.07. The SMILES string of the molecule is CCCOc1cc(C)ccc1NC(=O)N(C)C1CCS(=O)CC1. The summed E-state index contributed by atoms with van der Waals surface area (Å²) in [5.74, 6) is 2.06. The average molecular weight is 338 g/mol. The molecule has 0 atom stereocenters. The van der Waals surface area contributed by atoms with E-state index in [1.807, 2.05) is 25.1 Å². The first kappa shape index (κ1) is 17.8. The lowest BCUT2D eigenvalue weighted by molar-refractivity contribution is 0.199. The summed E-state index contributed by atoms with van der Waals surface area (Å²) in [5.41, 5.74) is 1.79. The Kier molecular flexibility index (Phi) is 6.45. The van der Waals surface area contributed by atoms with E-state index in [1.54, 1.807) is 11.9 Å². The highest BCUT2D eigenvalue weighted by Crippen LogP contribution is 2.27. The predicted octanol–water partition coefficient (Wildman–Crippen LogP) is 3.16. The van der Waals surface area contributed by atoms with Gasteiger partial charge in [-0.2, -0.15) is 0 Å². The van der Waals surface area contributed by atoms with Crippen LogP contribution < -0.4 is 10.1 Å². The van der Waals surface area contributed by atoms with E-state index in [-0.39, 0.29) is 12.1 Å². The van der Waals surface area contributed by atoms with Gasteiger partial charge in [0, 0.05) is 35.4 Å². The van der Waals surface area contributed by atoms with Crippen molar-refractivity contribution >= 4 is 22.5 Å². The van der Waals surface area contributed by atoms with Crippen molar-refractivity contribution in [3.8, 4) is 5.75 Å². The number of nitrogens with zero attached hydrogens (tertiary/aromatic N) is 1. The van der Waals surface area contributed by atoms with Crippen molar-refractivity contribution in [1.29, 1.82) is 0 Å². The van der Waals surface area contributed by atoms with E-state index in [0.717, 1.165) is 24.8 Å². The van der Waals surface area contributed by atoms with Crippen LogP contribution in [-0.4, -0.2) is 46.3 Å². The normalized spacial score (nSPS) is 20.8. The Morgan fingerprint density at radius 3 is 2.74 bits per heavy atom. The molecular weight excluding hydrogens is 312 g/mol. The summed E-state index contributed by atoms with van der Waals surface area (Å²) in [7, 11) is 1.08. The van der Waals surface area contributed by atoms with E-state index in [2.05, 4.69) is 12.2 Å². The molecule has 2 amide bonds. The van der Waals surface area contributed by atoms with E-state index in [4.69, 9.17) is 4.74 Å². The number of carbonyl (C=O) groups excluding carboxylic acids is 1. The molecule has 0 radical (unpaired) electrons. The third-order valence-corrected chi connectivity index (χ3v) is 5.45. The van der Waals surface area contributed by atoms with Crippen molar-refractivity contribution < 1.29 is 13.7 Å². The van der Waals surface area contributed by atoms with Crippen LogP contribution >= 0.6 is 0 Å². The Morgan fingerprint density at radius 2 is 2.09 bits per heavy atom. The summed E-state index contributed by atoms with van der Waals surface area (Å²) >= 11 is 0. The molecule has 6 heteroatoms. The Balaban J connectivity index is 2.02. The van der Waals surface area contributed by atoms with Gasteiger partial charge in [0.05, 0.1) is 12.3 Å². The van der Waals surface area contributed by atoms with Gasteiger partial charge >= 0.3 is 6.03 Å². The van der Waals surface area contributed by atoms with Gasteiger partial charge < -0.3 is 15.0 Å². The van der Waals surface area contributed by atoms with Gasteiger partial charge in [-0.3, -0.25) is 4.21 Å². The van der Waals surface area contributed by atoms with Crippen LogP contribution in [0.3, 0.4) is 0 Å². The molecule has 1 fully saturated rings. The van der Waals surface area contributed by atoms with Crippen molar-refractivity contribution in [2.45, 2.75) is 39.2 Å². The van der Waals surface area contributed by atoms with Crippen molar-refractivity contribution in [3.63, 3.8) is 0 Å². The van der Waals surface area contributed by atoms with Crippen LogP contribution in [0, 0.1) is 6.92 Å². The highest BCUT2D eigenvalue weighted by Gasteiger charge is 2.25. The van der Waals surface area contributed by atoms with Crippen molar-refractivity contribution in [2.24, 2.45) is 0 Å². The summed E-state index contributed by atoms with van der Waals surface area (Å²) in [4.78, 5) is 14.2. The van der Waals surface area contributed by atoms with Crippen LogP contribution in [0.5, 0.6) is 5.75 Å². The number of rotatable bonds is 5. The zero-order valence-corrected chi connectivity index (χ0v) is 14.9. The Morgan fingerprint density at radius 1 is 1.39 bits per heavy atom. The molecule has 0 aliphatic carbocycles. The van der Waals surface area contributed by atoms with E-state index in [0.29, 0.717) is 29.5 Å². The third kappa shape index (κ3) is 4.96. The quantitative estimate of drug-likeness (QED) is 0.897. The number of carbonyl (C=O) groups is 1. The average Bonchev–Trinajstić information content (AvgIpc) is 2.55. The van der Waals surface area contributed by atoms with Gasteiger partial charge in [0.1, 0.15) is 5.75 Å². The monoisotopic (exact) mass is 338 g/mol. The molecule has 2 rings (SSSR count). The molecule has 0 saturated carbocycles. The molecule has 1 saturated heterocycles. The van der Waals surface area contributed by atoms with Crippen LogP contribution in [-0.2, 0) is 10.8 Å². The zero-order chi connectivity index (χ0) is 16.8. The Hall–Kier alpha value is -1.56. The fraction of sp³-hybridized carbons (Fsp3) is 0.588. The topological polar surface area (TPSA) is 58.6 Å². The second kappa shape index (κ2) is 8.34. The summed E-state index contributed by atoms with van der Waals surface area (Å²) in [6.45, 7) is 4.67. The van der Waals surface area contributed by atoms with E-state index in [1.165, 1.54) is 0 Å². The minimum absolute atomic E-state index is 0.145. The van der Waals surface area contributed by atoms with Crippen LogP contribution in [0.1, 0.15) is 31.7 Å². The number of hydrogen-bond donors (Lipinski definition) is 1. The molecule has 0 bridgehead atoms. The van der Waals surface area contributed by atoms with Gasteiger partial charge in [0.25, 0.3) is 0 Å². The lowest BCUT2D eigenvalue weighted by Gasteiger charge is -2.31. The molecule has 23 heavy (non-hydrogen) atoms. The maximum atomic E-state index is 12.5. The molecule has 1 heterocycles. The minimum atomic E-state index is -0.717. The van der Waals surface area contributed by atoms with E-state index >= 15 is 0 Å².